The van der Waals surface area contributed by atoms with Crippen LogP contribution in [0.3, 0.4) is 0 Å². The van der Waals surface area contributed by atoms with Gasteiger partial charge in [-0.3, -0.25) is 0 Å². The number of amides is 2. The van der Waals surface area contributed by atoms with Gasteiger partial charge in [0, 0.05) is 22.4 Å². The Morgan fingerprint density at radius 3 is 2.41 bits per heavy atom. The van der Waals surface area contributed by atoms with Crippen LogP contribution in [0.2, 0.25) is 0 Å². The van der Waals surface area contributed by atoms with Crippen molar-refractivity contribution in [1.29, 1.82) is 0 Å². The van der Waals surface area contributed by atoms with E-state index in [2.05, 4.69) is 56.1 Å². The fraction of sp³-hybridized carbons (Fsp3) is 0.105. The zero-order valence-electron chi connectivity index (χ0n) is 17.1. The summed E-state index contributed by atoms with van der Waals surface area (Å²) in [4.78, 5) is 18.1. The topological polar surface area (TPSA) is 152 Å². The summed E-state index contributed by atoms with van der Waals surface area (Å²) in [6.45, 7) is 0. The highest BCUT2D eigenvalue weighted by Crippen LogP contribution is 2.33. The molecule has 0 aliphatic heterocycles. The molecule has 178 valence electrons. The number of aromatic nitrogens is 2. The van der Waals surface area contributed by atoms with Gasteiger partial charge in [0.2, 0.25) is 5.95 Å². The lowest BCUT2D eigenvalue weighted by atomic mass is 10.2. The molecule has 2 amide bonds. The summed E-state index contributed by atoms with van der Waals surface area (Å²) in [5, 5.41) is 13.2. The number of urea groups is 1. The van der Waals surface area contributed by atoms with Crippen molar-refractivity contribution in [2.45, 2.75) is 9.79 Å². The molecule has 0 atom stereocenters. The van der Waals surface area contributed by atoms with Crippen LogP contribution in [-0.4, -0.2) is 35.9 Å². The molecule has 0 aliphatic carbocycles. The molecule has 0 saturated heterocycles. The molecule has 0 saturated carbocycles. The number of hydrogen-bond donors (Lipinski definition) is 5. The predicted octanol–water partition coefficient (Wildman–Crippen LogP) is 4.40. The van der Waals surface area contributed by atoms with Crippen molar-refractivity contribution in [3.8, 4) is 0 Å². The summed E-state index contributed by atoms with van der Waals surface area (Å²) >= 11 is 8.22. The van der Waals surface area contributed by atoms with Crippen molar-refractivity contribution in [2.75, 3.05) is 22.1 Å². The van der Waals surface area contributed by atoms with E-state index in [4.69, 9.17) is 5.73 Å². The Labute approximate surface area is 203 Å². The van der Waals surface area contributed by atoms with Crippen molar-refractivity contribution < 1.29 is 22.0 Å². The third kappa shape index (κ3) is 6.61. The van der Waals surface area contributed by atoms with E-state index in [0.717, 1.165) is 6.07 Å². The Morgan fingerprint density at radius 2 is 1.76 bits per heavy atom. The van der Waals surface area contributed by atoms with Gasteiger partial charge in [-0.1, -0.05) is 0 Å². The number of carbonyl (C=O) groups excluding carboxylic acids is 1. The second-order valence-electron chi connectivity index (χ2n) is 6.58. The lowest BCUT2D eigenvalue weighted by Crippen LogP contribution is -2.19. The number of nitrogens with zero attached hydrogens (tertiary/aromatic N) is 4. The molecule has 0 fully saturated rings. The van der Waals surface area contributed by atoms with Crippen molar-refractivity contribution in [3.63, 3.8) is 0 Å². The average Bonchev–Trinajstić information content (AvgIpc) is 2.72. The highest BCUT2D eigenvalue weighted by molar-refractivity contribution is 7.92. The maximum absolute atomic E-state index is 13.3. The molecule has 10 nitrogen and oxygen atoms in total. The molecule has 0 spiro atoms. The SMILES string of the molecule is NC(=O)Nc1cc(Nc2cc(F)nc(F)n2)ccc1N=Nc1ccc(S(=O)(=O)CCS)cc1S. The molecule has 34 heavy (non-hydrogen) atoms. The highest BCUT2D eigenvalue weighted by Gasteiger charge is 2.15. The van der Waals surface area contributed by atoms with Gasteiger partial charge in [-0.15, -0.1) is 22.9 Å². The molecule has 1 heterocycles. The number of rotatable bonds is 8. The first kappa shape index (κ1) is 25.3. The fourth-order valence-electron chi connectivity index (χ4n) is 2.66. The Balaban J connectivity index is 1.89. The van der Waals surface area contributed by atoms with Gasteiger partial charge in [0.05, 0.1) is 22.0 Å². The predicted molar refractivity (Wildman–Crippen MR) is 129 cm³/mol. The number of primary amides is 1. The molecule has 3 aromatic rings. The number of nitrogens with one attached hydrogen (secondary N) is 2. The Morgan fingerprint density at radius 1 is 1.06 bits per heavy atom. The van der Waals surface area contributed by atoms with Gasteiger partial charge in [0.1, 0.15) is 11.5 Å². The number of hydrogen-bond acceptors (Lipinski definition) is 10. The van der Waals surface area contributed by atoms with Crippen LogP contribution in [-0.2, 0) is 9.84 Å². The van der Waals surface area contributed by atoms with Crippen LogP contribution < -0.4 is 16.4 Å². The molecule has 0 unspecified atom stereocenters. The summed E-state index contributed by atoms with van der Waals surface area (Å²) in [5.41, 5.74) is 6.10. The van der Waals surface area contributed by atoms with Gasteiger partial charge >= 0.3 is 12.1 Å². The average molecular weight is 526 g/mol. The molecule has 0 radical (unpaired) electrons. The molecule has 3 rings (SSSR count). The summed E-state index contributed by atoms with van der Waals surface area (Å²) in [6.07, 6.45) is -1.25. The summed E-state index contributed by atoms with van der Waals surface area (Å²) in [6, 6.07) is 8.50. The quantitative estimate of drug-likeness (QED) is 0.127. The van der Waals surface area contributed by atoms with Gasteiger partial charge < -0.3 is 16.4 Å². The normalized spacial score (nSPS) is 11.5. The fourth-order valence-corrected chi connectivity index (χ4v) is 4.78. The van der Waals surface area contributed by atoms with Gasteiger partial charge in [-0.2, -0.15) is 31.4 Å². The minimum Gasteiger partial charge on any atom is -0.351 e. The Kier molecular flexibility index (Phi) is 8.01. The zero-order valence-corrected chi connectivity index (χ0v) is 19.7. The monoisotopic (exact) mass is 525 g/mol. The van der Waals surface area contributed by atoms with Crippen molar-refractivity contribution >= 4 is 69.7 Å². The minimum absolute atomic E-state index is 0.0783. The molecule has 2 aromatic carbocycles. The first-order chi connectivity index (χ1) is 16.1. The van der Waals surface area contributed by atoms with Crippen LogP contribution in [0.25, 0.3) is 0 Å². The standard InChI is InChI=1S/C19H17F2N7O3S3/c20-16-9-17(26-18(21)25-16)23-10-1-3-12(14(7-10)24-19(22)29)27-28-13-4-2-11(8-15(13)33)34(30,31)6-5-32/h1-4,7-9,32-33H,5-6H2,(H3,22,24,29)(H,23,25,26). The number of sulfone groups is 1. The van der Waals surface area contributed by atoms with E-state index >= 15 is 0 Å². The van der Waals surface area contributed by atoms with E-state index in [1.54, 1.807) is 0 Å². The Hall–Kier alpha value is -3.30. The third-order valence-corrected chi connectivity index (χ3v) is 6.72. The first-order valence-corrected chi connectivity index (χ1v) is 12.1. The third-order valence-electron chi connectivity index (χ3n) is 4.13. The maximum Gasteiger partial charge on any atom is 0.316 e. The summed E-state index contributed by atoms with van der Waals surface area (Å²) in [5.74, 6) is -1.17. The zero-order chi connectivity index (χ0) is 24.9. The number of benzene rings is 2. The summed E-state index contributed by atoms with van der Waals surface area (Å²) < 4.78 is 50.9. The van der Waals surface area contributed by atoms with Gasteiger partial charge in [0.25, 0.3) is 0 Å². The molecule has 15 heteroatoms. The van der Waals surface area contributed by atoms with Crippen LogP contribution in [0, 0.1) is 12.0 Å². The molecule has 1 aromatic heterocycles. The number of azo groups is 1. The number of thiol groups is 2. The number of halogens is 2. The van der Waals surface area contributed by atoms with E-state index in [9.17, 15) is 22.0 Å². The largest absolute Gasteiger partial charge is 0.351 e. The highest BCUT2D eigenvalue weighted by atomic mass is 32.2. The van der Waals surface area contributed by atoms with E-state index < -0.39 is 27.9 Å². The van der Waals surface area contributed by atoms with Crippen LogP contribution in [0.4, 0.5) is 42.1 Å². The lowest BCUT2D eigenvalue weighted by molar-refractivity contribution is 0.259. The maximum atomic E-state index is 13.3. The molecular weight excluding hydrogens is 508 g/mol. The number of carbonyl (C=O) groups is 1. The Bertz CT molecular complexity index is 1350. The van der Waals surface area contributed by atoms with Gasteiger partial charge in [0.15, 0.2) is 9.84 Å². The van der Waals surface area contributed by atoms with E-state index in [0.29, 0.717) is 5.69 Å². The summed E-state index contributed by atoms with van der Waals surface area (Å²) in [7, 11) is -3.49. The van der Waals surface area contributed by atoms with Crippen LogP contribution >= 0.6 is 25.3 Å². The van der Waals surface area contributed by atoms with E-state index in [-0.39, 0.29) is 44.2 Å². The smallest absolute Gasteiger partial charge is 0.316 e. The van der Waals surface area contributed by atoms with E-state index in [1.165, 1.54) is 36.4 Å². The van der Waals surface area contributed by atoms with Crippen molar-refractivity contribution in [3.05, 3.63) is 54.5 Å². The van der Waals surface area contributed by atoms with Crippen molar-refractivity contribution in [2.24, 2.45) is 16.0 Å². The second-order valence-corrected chi connectivity index (χ2v) is 9.62. The first-order valence-electron chi connectivity index (χ1n) is 9.33. The van der Waals surface area contributed by atoms with Crippen molar-refractivity contribution in [1.82, 2.24) is 9.97 Å². The van der Waals surface area contributed by atoms with Gasteiger partial charge in [-0.25, -0.2) is 13.2 Å². The van der Waals surface area contributed by atoms with Crippen LogP contribution in [0.5, 0.6) is 0 Å². The van der Waals surface area contributed by atoms with Crippen LogP contribution in [0.15, 0.2) is 62.5 Å². The lowest BCUT2D eigenvalue weighted by Gasteiger charge is -2.10. The second kappa shape index (κ2) is 10.8. The van der Waals surface area contributed by atoms with Gasteiger partial charge in [-0.05, 0) is 36.4 Å². The molecule has 0 aliphatic rings. The molecule has 0 bridgehead atoms. The van der Waals surface area contributed by atoms with E-state index in [1.807, 2.05) is 0 Å². The molecule has 4 N–H and O–H groups in total. The van der Waals surface area contributed by atoms with Crippen LogP contribution in [0.1, 0.15) is 0 Å². The number of nitrogens with two attached hydrogens (primary N) is 1. The molecular formula is C19H17F2N7O3S3. The minimum atomic E-state index is -3.49. The number of anilines is 3.